The van der Waals surface area contributed by atoms with E-state index in [2.05, 4.69) is 0 Å². The van der Waals surface area contributed by atoms with E-state index < -0.39 is 0 Å². The van der Waals surface area contributed by atoms with Crippen LogP contribution in [0.1, 0.15) is 36.8 Å². The van der Waals surface area contributed by atoms with Crippen LogP contribution in [0.2, 0.25) is 0 Å². The molecule has 4 nitrogen and oxygen atoms in total. The Labute approximate surface area is 131 Å². The summed E-state index contributed by atoms with van der Waals surface area (Å²) in [6.07, 6.45) is 4.77. The SMILES string of the molecule is Cl.NC1CCCC(C(=O)N2CCc3ccc(O)cc3C2)C1. The Balaban J connectivity index is 0.00000161. The van der Waals surface area contributed by atoms with E-state index >= 15 is 0 Å². The van der Waals surface area contributed by atoms with E-state index in [-0.39, 0.29) is 36.0 Å². The van der Waals surface area contributed by atoms with E-state index in [9.17, 15) is 9.90 Å². The fourth-order valence-electron chi connectivity index (χ4n) is 3.44. The lowest BCUT2D eigenvalue weighted by molar-refractivity contribution is -0.137. The summed E-state index contributed by atoms with van der Waals surface area (Å²) >= 11 is 0. The minimum absolute atomic E-state index is 0. The molecule has 5 heteroatoms. The number of phenolic OH excluding ortho intramolecular Hbond substituents is 1. The van der Waals surface area contributed by atoms with E-state index in [1.165, 1.54) is 5.56 Å². The smallest absolute Gasteiger partial charge is 0.226 e. The van der Waals surface area contributed by atoms with Crippen molar-refractivity contribution in [2.75, 3.05) is 6.54 Å². The molecule has 1 aliphatic heterocycles. The van der Waals surface area contributed by atoms with Crippen molar-refractivity contribution in [3.63, 3.8) is 0 Å². The number of nitrogens with two attached hydrogens (primary N) is 1. The van der Waals surface area contributed by atoms with Crippen molar-refractivity contribution in [2.24, 2.45) is 11.7 Å². The summed E-state index contributed by atoms with van der Waals surface area (Å²) in [5, 5.41) is 9.58. The van der Waals surface area contributed by atoms with Crippen molar-refractivity contribution in [1.29, 1.82) is 0 Å². The van der Waals surface area contributed by atoms with Crippen molar-refractivity contribution in [1.82, 2.24) is 4.90 Å². The molecule has 2 unspecified atom stereocenters. The number of amides is 1. The number of phenols is 1. The maximum absolute atomic E-state index is 12.6. The van der Waals surface area contributed by atoms with Gasteiger partial charge >= 0.3 is 0 Å². The highest BCUT2D eigenvalue weighted by Gasteiger charge is 2.30. The largest absolute Gasteiger partial charge is 0.508 e. The third-order valence-electron chi connectivity index (χ3n) is 4.58. The van der Waals surface area contributed by atoms with Crippen LogP contribution < -0.4 is 5.73 Å². The number of halogens is 1. The molecule has 116 valence electrons. The molecule has 2 aliphatic rings. The number of aromatic hydroxyl groups is 1. The Hall–Kier alpha value is -1.26. The van der Waals surface area contributed by atoms with Gasteiger partial charge in [0.25, 0.3) is 0 Å². The molecule has 21 heavy (non-hydrogen) atoms. The molecule has 2 atom stereocenters. The van der Waals surface area contributed by atoms with Crippen LogP contribution in [-0.4, -0.2) is 28.5 Å². The third kappa shape index (κ3) is 3.50. The molecule has 3 rings (SSSR count). The van der Waals surface area contributed by atoms with Crippen molar-refractivity contribution in [3.8, 4) is 5.75 Å². The first kappa shape index (κ1) is 16.1. The molecule has 0 radical (unpaired) electrons. The number of hydrogen-bond acceptors (Lipinski definition) is 3. The van der Waals surface area contributed by atoms with E-state index in [4.69, 9.17) is 5.73 Å². The molecule has 1 amide bonds. The minimum atomic E-state index is 0. The number of fused-ring (bicyclic) bond motifs is 1. The minimum Gasteiger partial charge on any atom is -0.508 e. The first-order valence-corrected chi connectivity index (χ1v) is 7.48. The standard InChI is InChI=1S/C16H22N2O2.ClH/c17-14-3-1-2-12(8-14)16(20)18-7-6-11-4-5-15(19)9-13(11)10-18;/h4-5,9,12,14,19H,1-3,6-8,10,17H2;1H. The predicted octanol–water partition coefficient (Wildman–Crippen LogP) is 2.22. The zero-order valence-corrected chi connectivity index (χ0v) is 12.9. The van der Waals surface area contributed by atoms with Gasteiger partial charge in [0.15, 0.2) is 0 Å². The molecule has 1 fully saturated rings. The molecule has 0 aromatic heterocycles. The Bertz CT molecular complexity index is 521. The lowest BCUT2D eigenvalue weighted by Crippen LogP contribution is -2.42. The monoisotopic (exact) mass is 310 g/mol. The van der Waals surface area contributed by atoms with Gasteiger partial charge in [-0.05, 0) is 48.9 Å². The highest BCUT2D eigenvalue weighted by atomic mass is 35.5. The van der Waals surface area contributed by atoms with Crippen LogP contribution in [0, 0.1) is 5.92 Å². The van der Waals surface area contributed by atoms with Gasteiger partial charge in [0.2, 0.25) is 5.91 Å². The lowest BCUT2D eigenvalue weighted by atomic mass is 9.84. The van der Waals surface area contributed by atoms with Gasteiger partial charge in [-0.3, -0.25) is 4.79 Å². The molecule has 1 heterocycles. The van der Waals surface area contributed by atoms with Gasteiger partial charge in [-0.2, -0.15) is 0 Å². The van der Waals surface area contributed by atoms with Crippen molar-refractivity contribution in [2.45, 2.75) is 44.7 Å². The Morgan fingerprint density at radius 3 is 2.86 bits per heavy atom. The van der Waals surface area contributed by atoms with Gasteiger partial charge in [0, 0.05) is 25.0 Å². The molecule has 0 saturated heterocycles. The molecule has 1 aromatic carbocycles. The van der Waals surface area contributed by atoms with Crippen LogP contribution in [0.5, 0.6) is 5.75 Å². The van der Waals surface area contributed by atoms with Crippen LogP contribution in [-0.2, 0) is 17.8 Å². The van der Waals surface area contributed by atoms with Gasteiger partial charge in [0.1, 0.15) is 5.75 Å². The van der Waals surface area contributed by atoms with Crippen LogP contribution in [0.4, 0.5) is 0 Å². The van der Waals surface area contributed by atoms with Crippen LogP contribution in [0.25, 0.3) is 0 Å². The van der Waals surface area contributed by atoms with Gasteiger partial charge in [-0.25, -0.2) is 0 Å². The number of benzene rings is 1. The van der Waals surface area contributed by atoms with Crippen LogP contribution in [0.15, 0.2) is 18.2 Å². The number of carbonyl (C=O) groups excluding carboxylic acids is 1. The predicted molar refractivity (Wildman–Crippen MR) is 84.4 cm³/mol. The van der Waals surface area contributed by atoms with Crippen LogP contribution in [0.3, 0.4) is 0 Å². The molecular formula is C16H23ClN2O2. The summed E-state index contributed by atoms with van der Waals surface area (Å²) in [6.45, 7) is 1.40. The Kier molecular flexibility index (Phi) is 5.12. The second kappa shape index (κ2) is 6.67. The Morgan fingerprint density at radius 1 is 1.29 bits per heavy atom. The normalized spacial score (nSPS) is 24.9. The third-order valence-corrected chi connectivity index (χ3v) is 4.58. The number of carbonyl (C=O) groups is 1. The van der Waals surface area contributed by atoms with Gasteiger partial charge < -0.3 is 15.7 Å². The zero-order chi connectivity index (χ0) is 14.1. The first-order chi connectivity index (χ1) is 9.63. The van der Waals surface area contributed by atoms with Crippen molar-refractivity contribution in [3.05, 3.63) is 29.3 Å². The second-order valence-electron chi connectivity index (χ2n) is 6.09. The van der Waals surface area contributed by atoms with Gasteiger partial charge in [-0.15, -0.1) is 12.4 Å². The summed E-state index contributed by atoms with van der Waals surface area (Å²) in [5.41, 5.74) is 8.30. The molecule has 0 bridgehead atoms. The number of rotatable bonds is 1. The first-order valence-electron chi connectivity index (χ1n) is 7.48. The highest BCUT2D eigenvalue weighted by Crippen LogP contribution is 2.28. The fraction of sp³-hybridized carbons (Fsp3) is 0.562. The number of nitrogens with zero attached hydrogens (tertiary/aromatic N) is 1. The lowest BCUT2D eigenvalue weighted by Gasteiger charge is -2.34. The average Bonchev–Trinajstić information content (AvgIpc) is 2.45. The average molecular weight is 311 g/mol. The van der Waals surface area contributed by atoms with Gasteiger partial charge in [-0.1, -0.05) is 12.5 Å². The molecular weight excluding hydrogens is 288 g/mol. The van der Waals surface area contributed by atoms with E-state index in [1.54, 1.807) is 12.1 Å². The van der Waals surface area contributed by atoms with Crippen molar-refractivity contribution < 1.29 is 9.90 Å². The van der Waals surface area contributed by atoms with E-state index in [1.807, 2.05) is 11.0 Å². The Morgan fingerprint density at radius 2 is 2.10 bits per heavy atom. The quantitative estimate of drug-likeness (QED) is 0.836. The van der Waals surface area contributed by atoms with Crippen LogP contribution >= 0.6 is 12.4 Å². The summed E-state index contributed by atoms with van der Waals surface area (Å²) in [4.78, 5) is 14.5. The molecule has 1 aliphatic carbocycles. The summed E-state index contributed by atoms with van der Waals surface area (Å²) < 4.78 is 0. The maximum Gasteiger partial charge on any atom is 0.226 e. The zero-order valence-electron chi connectivity index (χ0n) is 12.1. The topological polar surface area (TPSA) is 66.6 Å². The van der Waals surface area contributed by atoms with E-state index in [0.717, 1.165) is 44.2 Å². The molecule has 3 N–H and O–H groups in total. The molecule has 0 spiro atoms. The van der Waals surface area contributed by atoms with Crippen molar-refractivity contribution >= 4 is 18.3 Å². The summed E-state index contributed by atoms with van der Waals surface area (Å²) in [7, 11) is 0. The summed E-state index contributed by atoms with van der Waals surface area (Å²) in [5.74, 6) is 0.615. The molecule has 1 aromatic rings. The fourth-order valence-corrected chi connectivity index (χ4v) is 3.44. The number of hydrogen-bond donors (Lipinski definition) is 2. The van der Waals surface area contributed by atoms with Gasteiger partial charge in [0.05, 0.1) is 0 Å². The second-order valence-corrected chi connectivity index (χ2v) is 6.09. The maximum atomic E-state index is 12.6. The highest BCUT2D eigenvalue weighted by molar-refractivity contribution is 5.85. The summed E-state index contributed by atoms with van der Waals surface area (Å²) in [6, 6.07) is 5.64. The molecule has 1 saturated carbocycles. The van der Waals surface area contributed by atoms with E-state index in [0.29, 0.717) is 6.54 Å².